The Hall–Kier alpha value is -3.26. The highest BCUT2D eigenvalue weighted by Gasteiger charge is 2.15. The molecule has 0 aliphatic heterocycles. The lowest BCUT2D eigenvalue weighted by atomic mass is 9.92. The molecule has 0 bridgehead atoms. The lowest BCUT2D eigenvalue weighted by Gasteiger charge is -2.14. The van der Waals surface area contributed by atoms with Crippen LogP contribution in [0.25, 0.3) is 11.1 Å². The van der Waals surface area contributed by atoms with Crippen molar-refractivity contribution in [2.45, 2.75) is 51.9 Å². The van der Waals surface area contributed by atoms with Gasteiger partial charge in [-0.1, -0.05) is 99.1 Å². The molecule has 4 aromatic carbocycles. The minimum Gasteiger partial charge on any atom is -0.207 e. The third kappa shape index (κ3) is 5.99. The fourth-order valence-corrected chi connectivity index (χ4v) is 4.51. The van der Waals surface area contributed by atoms with Gasteiger partial charge in [0.15, 0.2) is 0 Å². The molecule has 174 valence electrons. The molecule has 0 nitrogen and oxygen atoms in total. The van der Waals surface area contributed by atoms with Crippen LogP contribution in [0.4, 0.5) is 8.78 Å². The largest absolute Gasteiger partial charge is 0.207 e. The zero-order chi connectivity index (χ0) is 23.9. The van der Waals surface area contributed by atoms with Gasteiger partial charge in [-0.15, -0.1) is 0 Å². The second kappa shape index (κ2) is 11.2. The monoisotopic (exact) mass is 454 g/mol. The maximum atomic E-state index is 14.8. The molecular weight excluding hydrogens is 422 g/mol. The second-order valence-electron chi connectivity index (χ2n) is 9.20. The first-order chi connectivity index (χ1) is 16.5. The van der Waals surface area contributed by atoms with Crippen molar-refractivity contribution in [2.24, 2.45) is 0 Å². The molecule has 1 unspecified atom stereocenters. The Kier molecular flexibility index (Phi) is 7.90. The maximum Gasteiger partial charge on any atom is 0.129 e. The topological polar surface area (TPSA) is 0 Å². The third-order valence-corrected chi connectivity index (χ3v) is 6.56. The first kappa shape index (κ1) is 23.9. The zero-order valence-corrected chi connectivity index (χ0v) is 20.0. The van der Waals surface area contributed by atoms with E-state index in [1.807, 2.05) is 37.3 Å². The smallest absolute Gasteiger partial charge is 0.129 e. The Morgan fingerprint density at radius 3 is 1.65 bits per heavy atom. The molecule has 0 fully saturated rings. The Morgan fingerprint density at radius 2 is 1.12 bits per heavy atom. The Balaban J connectivity index is 1.38. The average molecular weight is 455 g/mol. The van der Waals surface area contributed by atoms with E-state index in [0.717, 1.165) is 30.4 Å². The van der Waals surface area contributed by atoms with Crippen LogP contribution in [0.2, 0.25) is 0 Å². The van der Waals surface area contributed by atoms with Gasteiger partial charge >= 0.3 is 0 Å². The van der Waals surface area contributed by atoms with Gasteiger partial charge in [-0.05, 0) is 77.1 Å². The number of halogens is 2. The average Bonchev–Trinajstić information content (AvgIpc) is 2.86. The number of hydrogen-bond acceptors (Lipinski definition) is 0. The number of aryl methyl sites for hydroxylation is 3. The quantitative estimate of drug-likeness (QED) is 0.237. The summed E-state index contributed by atoms with van der Waals surface area (Å²) < 4.78 is 29.6. The first-order valence-electron chi connectivity index (χ1n) is 12.2. The predicted molar refractivity (Wildman–Crippen MR) is 138 cm³/mol. The van der Waals surface area contributed by atoms with E-state index in [-0.39, 0.29) is 11.5 Å². The van der Waals surface area contributed by atoms with Gasteiger partial charge in [0.25, 0.3) is 0 Å². The second-order valence-corrected chi connectivity index (χ2v) is 9.20. The number of benzene rings is 4. The molecule has 4 rings (SSSR count). The predicted octanol–water partition coefficient (Wildman–Crippen LogP) is 8.72. The van der Waals surface area contributed by atoms with Crippen molar-refractivity contribution < 1.29 is 8.78 Å². The molecule has 0 N–H and O–H groups in total. The molecule has 0 aliphatic rings. The van der Waals surface area contributed by atoms with Crippen molar-refractivity contribution >= 4 is 0 Å². The first-order valence-corrected chi connectivity index (χ1v) is 12.2. The minimum absolute atomic E-state index is 0.0532. The molecule has 34 heavy (non-hydrogen) atoms. The highest BCUT2D eigenvalue weighted by atomic mass is 19.1. The SMILES string of the molecule is CCCc1ccc(-c2ccc(CCc3cc(F)c(CC(C)c4ccccc4)c(F)c3)cc2)cc1. The van der Waals surface area contributed by atoms with Crippen molar-refractivity contribution in [3.8, 4) is 11.1 Å². The van der Waals surface area contributed by atoms with E-state index >= 15 is 0 Å². The molecule has 0 aromatic heterocycles. The van der Waals surface area contributed by atoms with Crippen molar-refractivity contribution in [3.63, 3.8) is 0 Å². The van der Waals surface area contributed by atoms with Crippen LogP contribution in [-0.2, 0) is 25.7 Å². The van der Waals surface area contributed by atoms with Gasteiger partial charge < -0.3 is 0 Å². The molecule has 2 heteroatoms. The van der Waals surface area contributed by atoms with Crippen LogP contribution >= 0.6 is 0 Å². The molecule has 0 heterocycles. The third-order valence-electron chi connectivity index (χ3n) is 6.56. The molecule has 0 saturated carbocycles. The van der Waals surface area contributed by atoms with Crippen LogP contribution < -0.4 is 0 Å². The zero-order valence-electron chi connectivity index (χ0n) is 20.0. The van der Waals surface area contributed by atoms with Crippen molar-refractivity contribution in [1.29, 1.82) is 0 Å². The lowest BCUT2D eigenvalue weighted by Crippen LogP contribution is -2.05. The summed E-state index contributed by atoms with van der Waals surface area (Å²) in [7, 11) is 0. The summed E-state index contributed by atoms with van der Waals surface area (Å²) in [4.78, 5) is 0. The van der Waals surface area contributed by atoms with Crippen molar-refractivity contribution in [3.05, 3.63) is 130 Å². The molecule has 0 spiro atoms. The molecule has 0 saturated heterocycles. The van der Waals surface area contributed by atoms with Crippen molar-refractivity contribution in [1.82, 2.24) is 0 Å². The van der Waals surface area contributed by atoms with Crippen LogP contribution in [-0.4, -0.2) is 0 Å². The van der Waals surface area contributed by atoms with Gasteiger partial charge in [0, 0.05) is 5.56 Å². The molecule has 1 atom stereocenters. The summed E-state index contributed by atoms with van der Waals surface area (Å²) in [5.41, 5.74) is 6.87. The lowest BCUT2D eigenvalue weighted by molar-refractivity contribution is 0.540. The van der Waals surface area contributed by atoms with Gasteiger partial charge in [-0.25, -0.2) is 8.78 Å². The molecule has 0 radical (unpaired) electrons. The molecule has 0 aliphatic carbocycles. The maximum absolute atomic E-state index is 14.8. The normalized spacial score (nSPS) is 12.0. The molecular formula is C32H32F2. The van der Waals surface area contributed by atoms with Crippen LogP contribution in [0.5, 0.6) is 0 Å². The summed E-state index contributed by atoms with van der Waals surface area (Å²) in [6, 6.07) is 30.1. The summed E-state index contributed by atoms with van der Waals surface area (Å²) in [5.74, 6) is -0.836. The Morgan fingerprint density at radius 1 is 0.618 bits per heavy atom. The Labute approximate surface area is 202 Å². The van der Waals surface area contributed by atoms with E-state index in [4.69, 9.17) is 0 Å². The van der Waals surface area contributed by atoms with E-state index in [1.54, 1.807) is 0 Å². The van der Waals surface area contributed by atoms with Gasteiger partial charge in [-0.3, -0.25) is 0 Å². The fraction of sp³-hybridized carbons (Fsp3) is 0.250. The van der Waals surface area contributed by atoms with Gasteiger partial charge in [-0.2, -0.15) is 0 Å². The highest BCUT2D eigenvalue weighted by molar-refractivity contribution is 5.64. The fourth-order valence-electron chi connectivity index (χ4n) is 4.51. The van der Waals surface area contributed by atoms with Crippen LogP contribution in [0.3, 0.4) is 0 Å². The van der Waals surface area contributed by atoms with E-state index in [9.17, 15) is 8.78 Å². The van der Waals surface area contributed by atoms with Crippen LogP contribution in [0, 0.1) is 11.6 Å². The van der Waals surface area contributed by atoms with E-state index in [2.05, 4.69) is 55.5 Å². The van der Waals surface area contributed by atoms with Gasteiger partial charge in [0.1, 0.15) is 11.6 Å². The minimum atomic E-state index is -0.445. The standard InChI is InChI=1S/C32H32F2/c1-3-7-24-12-16-28(17-13-24)29-18-14-25(15-19-29)10-11-26-21-31(33)30(32(34)22-26)20-23(2)27-8-5-4-6-9-27/h4-6,8-9,12-19,21-23H,3,7,10-11,20H2,1-2H3. The summed E-state index contributed by atoms with van der Waals surface area (Å²) in [6.45, 7) is 4.20. The van der Waals surface area contributed by atoms with Gasteiger partial charge in [0.05, 0.1) is 0 Å². The van der Waals surface area contributed by atoms with E-state index in [0.29, 0.717) is 18.4 Å². The van der Waals surface area contributed by atoms with Crippen molar-refractivity contribution in [2.75, 3.05) is 0 Å². The summed E-state index contributed by atoms with van der Waals surface area (Å²) in [6.07, 6.45) is 3.95. The molecule has 4 aromatic rings. The van der Waals surface area contributed by atoms with E-state index in [1.165, 1.54) is 28.8 Å². The molecule has 0 amide bonds. The summed E-state index contributed by atoms with van der Waals surface area (Å²) in [5, 5.41) is 0. The van der Waals surface area contributed by atoms with Crippen LogP contribution in [0.1, 0.15) is 54.0 Å². The summed E-state index contributed by atoms with van der Waals surface area (Å²) >= 11 is 0. The van der Waals surface area contributed by atoms with Gasteiger partial charge in [0.2, 0.25) is 0 Å². The van der Waals surface area contributed by atoms with Crippen LogP contribution in [0.15, 0.2) is 91.0 Å². The van der Waals surface area contributed by atoms with E-state index < -0.39 is 11.6 Å². The number of rotatable bonds is 9. The highest BCUT2D eigenvalue weighted by Crippen LogP contribution is 2.26. The number of hydrogen-bond donors (Lipinski definition) is 0. The Bertz CT molecular complexity index is 1170.